The molecule has 0 radical (unpaired) electrons. The second-order valence-electron chi connectivity index (χ2n) is 5.94. The van der Waals surface area contributed by atoms with Crippen LogP contribution in [-0.4, -0.2) is 46.4 Å². The topological polar surface area (TPSA) is 62.5 Å². The molecule has 2 aliphatic heterocycles. The van der Waals surface area contributed by atoms with Crippen LogP contribution in [0.5, 0.6) is 0 Å². The monoisotopic (exact) mass is 274 g/mol. The molecule has 2 aliphatic rings. The quantitative estimate of drug-likeness (QED) is 0.877. The number of nitrogen functional groups attached to an aromatic ring is 1. The lowest BCUT2D eigenvalue weighted by molar-refractivity contribution is -0.130. The summed E-state index contributed by atoms with van der Waals surface area (Å²) in [6.45, 7) is 7.60. The molecular weight excluding hydrogens is 252 g/mol. The number of fused-ring (bicyclic) bond motifs is 1. The van der Waals surface area contributed by atoms with Crippen molar-refractivity contribution in [3.05, 3.63) is 23.0 Å². The maximum absolute atomic E-state index is 11.7. The summed E-state index contributed by atoms with van der Waals surface area (Å²) in [7, 11) is 0. The fourth-order valence-corrected chi connectivity index (χ4v) is 3.24. The van der Waals surface area contributed by atoms with Crippen LogP contribution in [0, 0.1) is 13.8 Å². The van der Waals surface area contributed by atoms with E-state index in [0.29, 0.717) is 18.4 Å². The Morgan fingerprint density at radius 3 is 3.00 bits per heavy atom. The zero-order valence-corrected chi connectivity index (χ0v) is 12.2. The number of pyridine rings is 1. The number of carbonyl (C=O) groups is 1. The van der Waals surface area contributed by atoms with E-state index in [0.717, 1.165) is 55.1 Å². The number of nitrogens with two attached hydrogens (primary N) is 1. The Bertz CT molecular complexity index is 543. The van der Waals surface area contributed by atoms with E-state index in [9.17, 15) is 4.79 Å². The van der Waals surface area contributed by atoms with Crippen LogP contribution >= 0.6 is 0 Å². The molecule has 1 aromatic rings. The second-order valence-corrected chi connectivity index (χ2v) is 5.94. The summed E-state index contributed by atoms with van der Waals surface area (Å²) in [4.78, 5) is 20.7. The molecule has 0 bridgehead atoms. The van der Waals surface area contributed by atoms with Crippen molar-refractivity contribution in [2.45, 2.75) is 39.3 Å². The van der Waals surface area contributed by atoms with Gasteiger partial charge in [-0.1, -0.05) is 0 Å². The normalized spacial score (nSPS) is 23.2. The van der Waals surface area contributed by atoms with Gasteiger partial charge in [0, 0.05) is 50.5 Å². The first-order chi connectivity index (χ1) is 9.56. The van der Waals surface area contributed by atoms with Gasteiger partial charge in [-0.25, -0.2) is 0 Å². The molecule has 3 rings (SSSR count). The van der Waals surface area contributed by atoms with E-state index in [1.165, 1.54) is 0 Å². The van der Waals surface area contributed by atoms with Crippen LogP contribution in [-0.2, 0) is 11.3 Å². The van der Waals surface area contributed by atoms with Gasteiger partial charge in [-0.3, -0.25) is 14.7 Å². The fourth-order valence-electron chi connectivity index (χ4n) is 3.24. The average Bonchev–Trinajstić information content (AvgIpc) is 2.81. The van der Waals surface area contributed by atoms with Crippen molar-refractivity contribution in [3.8, 4) is 0 Å². The molecule has 2 saturated heterocycles. The summed E-state index contributed by atoms with van der Waals surface area (Å²) >= 11 is 0. The molecule has 1 amide bonds. The first-order valence-electron chi connectivity index (χ1n) is 7.28. The van der Waals surface area contributed by atoms with Crippen molar-refractivity contribution >= 4 is 11.6 Å². The Hall–Kier alpha value is -1.62. The van der Waals surface area contributed by atoms with Crippen LogP contribution < -0.4 is 5.73 Å². The Morgan fingerprint density at radius 1 is 1.40 bits per heavy atom. The van der Waals surface area contributed by atoms with Crippen LogP contribution in [0.4, 0.5) is 5.69 Å². The third kappa shape index (κ3) is 2.26. The van der Waals surface area contributed by atoms with Gasteiger partial charge in [0.25, 0.3) is 0 Å². The van der Waals surface area contributed by atoms with Crippen molar-refractivity contribution in [1.29, 1.82) is 0 Å². The summed E-state index contributed by atoms with van der Waals surface area (Å²) < 4.78 is 0. The van der Waals surface area contributed by atoms with Gasteiger partial charge in [-0.05, 0) is 31.4 Å². The third-order valence-electron chi connectivity index (χ3n) is 4.63. The number of hydrogen-bond acceptors (Lipinski definition) is 4. The molecule has 5 heteroatoms. The molecule has 1 atom stereocenters. The summed E-state index contributed by atoms with van der Waals surface area (Å²) in [5.74, 6) is 0.323. The van der Waals surface area contributed by atoms with Gasteiger partial charge in [0.1, 0.15) is 0 Å². The standard InChI is InChI=1S/C15H22N4O/c1-10-7-17-13(11(2)15(10)16)9-18-5-6-19-12(8-18)3-4-14(19)20/h7,12H,3-6,8-9H2,1-2H3,(H2,16,17). The Morgan fingerprint density at radius 2 is 2.20 bits per heavy atom. The van der Waals surface area contributed by atoms with E-state index in [4.69, 9.17) is 5.73 Å². The molecule has 0 spiro atoms. The fraction of sp³-hybridized carbons (Fsp3) is 0.600. The van der Waals surface area contributed by atoms with Gasteiger partial charge in [-0.2, -0.15) is 0 Å². The number of aryl methyl sites for hydroxylation is 1. The van der Waals surface area contributed by atoms with Gasteiger partial charge >= 0.3 is 0 Å². The number of rotatable bonds is 2. The molecule has 2 fully saturated rings. The smallest absolute Gasteiger partial charge is 0.222 e. The highest BCUT2D eigenvalue weighted by atomic mass is 16.2. The predicted molar refractivity (Wildman–Crippen MR) is 78.1 cm³/mol. The number of aromatic nitrogens is 1. The van der Waals surface area contributed by atoms with Crippen molar-refractivity contribution < 1.29 is 4.79 Å². The maximum atomic E-state index is 11.7. The first kappa shape index (κ1) is 13.4. The molecule has 0 aliphatic carbocycles. The highest BCUT2D eigenvalue weighted by molar-refractivity contribution is 5.78. The minimum absolute atomic E-state index is 0.323. The molecule has 108 valence electrons. The predicted octanol–water partition coefficient (Wildman–Crippen LogP) is 1.09. The van der Waals surface area contributed by atoms with Crippen molar-refractivity contribution in [2.75, 3.05) is 25.4 Å². The largest absolute Gasteiger partial charge is 0.398 e. The van der Waals surface area contributed by atoms with Crippen molar-refractivity contribution in [1.82, 2.24) is 14.8 Å². The molecule has 2 N–H and O–H groups in total. The molecule has 0 saturated carbocycles. The average molecular weight is 274 g/mol. The number of nitrogens with zero attached hydrogens (tertiary/aromatic N) is 3. The minimum Gasteiger partial charge on any atom is -0.398 e. The number of amides is 1. The number of hydrogen-bond donors (Lipinski definition) is 1. The Kier molecular flexibility index (Phi) is 3.38. The van der Waals surface area contributed by atoms with Gasteiger partial charge in [0.2, 0.25) is 5.91 Å². The van der Waals surface area contributed by atoms with E-state index in [1.807, 2.05) is 24.9 Å². The summed E-state index contributed by atoms with van der Waals surface area (Å²) in [6.07, 6.45) is 3.57. The van der Waals surface area contributed by atoms with Crippen LogP contribution in [0.3, 0.4) is 0 Å². The van der Waals surface area contributed by atoms with E-state index in [1.54, 1.807) is 0 Å². The summed E-state index contributed by atoms with van der Waals surface area (Å²) in [5, 5.41) is 0. The van der Waals surface area contributed by atoms with E-state index >= 15 is 0 Å². The Balaban J connectivity index is 1.70. The maximum Gasteiger partial charge on any atom is 0.222 e. The Labute approximate surface area is 119 Å². The third-order valence-corrected chi connectivity index (χ3v) is 4.63. The second kappa shape index (κ2) is 5.05. The van der Waals surface area contributed by atoms with E-state index in [-0.39, 0.29) is 0 Å². The van der Waals surface area contributed by atoms with Crippen LogP contribution in [0.25, 0.3) is 0 Å². The number of carbonyl (C=O) groups excluding carboxylic acids is 1. The van der Waals surface area contributed by atoms with Crippen molar-refractivity contribution in [2.24, 2.45) is 0 Å². The molecule has 3 heterocycles. The lowest BCUT2D eigenvalue weighted by Crippen LogP contribution is -2.51. The summed E-state index contributed by atoms with van der Waals surface area (Å²) in [6, 6.07) is 0.402. The van der Waals surface area contributed by atoms with Gasteiger partial charge in [0.05, 0.1) is 5.69 Å². The lowest BCUT2D eigenvalue weighted by Gasteiger charge is -2.37. The molecule has 1 unspecified atom stereocenters. The van der Waals surface area contributed by atoms with Gasteiger partial charge in [-0.15, -0.1) is 0 Å². The zero-order chi connectivity index (χ0) is 14.3. The van der Waals surface area contributed by atoms with Gasteiger partial charge < -0.3 is 10.6 Å². The van der Waals surface area contributed by atoms with E-state index < -0.39 is 0 Å². The van der Waals surface area contributed by atoms with E-state index in [2.05, 4.69) is 9.88 Å². The van der Waals surface area contributed by atoms with Gasteiger partial charge in [0.15, 0.2) is 0 Å². The zero-order valence-electron chi connectivity index (χ0n) is 12.2. The molecular formula is C15H22N4O. The van der Waals surface area contributed by atoms with Crippen LogP contribution in [0.1, 0.15) is 29.7 Å². The molecule has 0 aromatic carbocycles. The van der Waals surface area contributed by atoms with Crippen LogP contribution in [0.2, 0.25) is 0 Å². The summed E-state index contributed by atoms with van der Waals surface area (Å²) in [5.41, 5.74) is 10.1. The molecule has 5 nitrogen and oxygen atoms in total. The minimum atomic E-state index is 0.323. The first-order valence-corrected chi connectivity index (χ1v) is 7.28. The lowest BCUT2D eigenvalue weighted by atomic mass is 10.1. The highest BCUT2D eigenvalue weighted by Crippen LogP contribution is 2.25. The number of piperazine rings is 1. The molecule has 1 aromatic heterocycles. The van der Waals surface area contributed by atoms with Crippen LogP contribution in [0.15, 0.2) is 6.20 Å². The SMILES string of the molecule is Cc1cnc(CN2CCN3C(=O)CCC3C2)c(C)c1N. The highest BCUT2D eigenvalue weighted by Gasteiger charge is 2.35. The number of anilines is 1. The molecule has 20 heavy (non-hydrogen) atoms. The van der Waals surface area contributed by atoms with Crippen molar-refractivity contribution in [3.63, 3.8) is 0 Å².